The highest BCUT2D eigenvalue weighted by Gasteiger charge is 2.24. The van der Waals surface area contributed by atoms with E-state index in [1.54, 1.807) is 73.8 Å². The Labute approximate surface area is 284 Å². The molecule has 0 heterocycles. The number of carbonyl (C=O) groups is 3. The van der Waals surface area contributed by atoms with Gasteiger partial charge in [-0.25, -0.2) is 0 Å². The van der Waals surface area contributed by atoms with Crippen molar-refractivity contribution < 1.29 is 23.9 Å². The summed E-state index contributed by atoms with van der Waals surface area (Å²) in [6.07, 6.45) is 1.64. The van der Waals surface area contributed by atoms with Crippen molar-refractivity contribution in [3.05, 3.63) is 155 Å². The largest absolute Gasteiger partial charge is 0.497 e. The Morgan fingerprint density at radius 1 is 0.729 bits per heavy atom. The molecule has 5 rings (SSSR count). The highest BCUT2D eigenvalue weighted by Crippen LogP contribution is 2.38. The first kappa shape index (κ1) is 33.6. The Morgan fingerprint density at radius 2 is 1.46 bits per heavy atom. The van der Waals surface area contributed by atoms with Crippen molar-refractivity contribution in [1.82, 2.24) is 5.32 Å². The smallest absolute Gasteiger partial charge is 0.272 e. The van der Waals surface area contributed by atoms with E-state index in [9.17, 15) is 14.4 Å². The van der Waals surface area contributed by atoms with Crippen molar-refractivity contribution in [3.8, 4) is 11.5 Å². The fourth-order valence-electron chi connectivity index (χ4n) is 4.86. The molecule has 0 fully saturated rings. The van der Waals surface area contributed by atoms with Gasteiger partial charge in [-0.05, 0) is 66.6 Å². The predicted molar refractivity (Wildman–Crippen MR) is 191 cm³/mol. The third-order valence-corrected chi connectivity index (χ3v) is 8.48. The van der Waals surface area contributed by atoms with Gasteiger partial charge in [-0.2, -0.15) is 0 Å². The molecule has 8 nitrogen and oxygen atoms in total. The van der Waals surface area contributed by atoms with Gasteiger partial charge in [0.25, 0.3) is 11.8 Å². The second-order valence-electron chi connectivity index (χ2n) is 10.7. The van der Waals surface area contributed by atoms with E-state index in [0.717, 1.165) is 21.6 Å². The number of methoxy groups -OCH3 is 2. The lowest BCUT2D eigenvalue weighted by molar-refractivity contribution is -0.116. The van der Waals surface area contributed by atoms with Crippen LogP contribution in [0.2, 0.25) is 0 Å². The number of benzene rings is 5. The Balaban J connectivity index is 1.39. The maximum absolute atomic E-state index is 13.8. The molecule has 48 heavy (non-hydrogen) atoms. The van der Waals surface area contributed by atoms with Gasteiger partial charge in [-0.15, -0.1) is 11.8 Å². The molecule has 242 valence electrons. The quantitative estimate of drug-likeness (QED) is 0.0931. The topological polar surface area (TPSA) is 106 Å². The van der Waals surface area contributed by atoms with E-state index in [4.69, 9.17) is 9.47 Å². The first-order valence-electron chi connectivity index (χ1n) is 15.1. The van der Waals surface area contributed by atoms with Crippen molar-refractivity contribution in [2.75, 3.05) is 24.9 Å². The van der Waals surface area contributed by atoms with Gasteiger partial charge in [-0.3, -0.25) is 14.4 Å². The van der Waals surface area contributed by atoms with Gasteiger partial charge >= 0.3 is 0 Å². The molecule has 9 heteroatoms. The van der Waals surface area contributed by atoms with Crippen LogP contribution in [0.3, 0.4) is 0 Å². The Morgan fingerprint density at radius 3 is 2.17 bits per heavy atom. The van der Waals surface area contributed by atoms with Crippen LogP contribution in [0.25, 0.3) is 6.08 Å². The lowest BCUT2D eigenvalue weighted by Gasteiger charge is -2.19. The highest BCUT2D eigenvalue weighted by atomic mass is 32.2. The zero-order chi connectivity index (χ0) is 33.9. The molecule has 1 atom stereocenters. The summed E-state index contributed by atoms with van der Waals surface area (Å²) >= 11 is 1.33. The SMILES string of the molecule is COc1ccc(OC)c(NC(=O)C(Sc2cccc(NC(=O)/C(=C\c3cccc(C)c3)NC(=O)c3ccccc3)c2)c2ccccc2)c1. The molecular weight excluding hydrogens is 623 g/mol. The maximum atomic E-state index is 13.8. The number of rotatable bonds is 12. The van der Waals surface area contributed by atoms with Crippen LogP contribution < -0.4 is 25.4 Å². The molecular formula is C39H35N3O5S. The molecule has 0 aliphatic heterocycles. The number of carbonyl (C=O) groups excluding carboxylic acids is 3. The second-order valence-corrected chi connectivity index (χ2v) is 11.9. The van der Waals surface area contributed by atoms with Gasteiger partial charge < -0.3 is 25.4 Å². The molecule has 3 N–H and O–H groups in total. The minimum absolute atomic E-state index is 0.0845. The Bertz CT molecular complexity index is 1930. The van der Waals surface area contributed by atoms with Crippen LogP contribution in [-0.4, -0.2) is 31.9 Å². The molecule has 0 radical (unpaired) electrons. The fourth-order valence-corrected chi connectivity index (χ4v) is 5.94. The Kier molecular flexibility index (Phi) is 11.3. The maximum Gasteiger partial charge on any atom is 0.272 e. The van der Waals surface area contributed by atoms with Crippen LogP contribution in [0.15, 0.2) is 138 Å². The van der Waals surface area contributed by atoms with Crippen molar-refractivity contribution in [3.63, 3.8) is 0 Å². The van der Waals surface area contributed by atoms with Gasteiger partial charge in [0.15, 0.2) is 0 Å². The highest BCUT2D eigenvalue weighted by molar-refractivity contribution is 8.00. The summed E-state index contributed by atoms with van der Waals surface area (Å²) in [7, 11) is 3.09. The number of nitrogens with one attached hydrogen (secondary N) is 3. The van der Waals surface area contributed by atoms with Crippen molar-refractivity contribution in [2.45, 2.75) is 17.1 Å². The van der Waals surface area contributed by atoms with Crippen LogP contribution in [-0.2, 0) is 9.59 Å². The van der Waals surface area contributed by atoms with E-state index < -0.39 is 17.1 Å². The monoisotopic (exact) mass is 657 g/mol. The van der Waals surface area contributed by atoms with Crippen molar-refractivity contribution >= 4 is 46.9 Å². The molecule has 5 aromatic rings. The summed E-state index contributed by atoms with van der Waals surface area (Å²) in [6, 6.07) is 38.2. The number of ether oxygens (including phenoxy) is 2. The number of thioether (sulfide) groups is 1. The van der Waals surface area contributed by atoms with Gasteiger partial charge in [0, 0.05) is 22.2 Å². The number of anilines is 2. The van der Waals surface area contributed by atoms with E-state index >= 15 is 0 Å². The zero-order valence-corrected chi connectivity index (χ0v) is 27.5. The lowest BCUT2D eigenvalue weighted by atomic mass is 10.1. The van der Waals surface area contributed by atoms with E-state index in [1.165, 1.54) is 18.9 Å². The molecule has 0 spiro atoms. The Hall–Kier alpha value is -5.80. The van der Waals surface area contributed by atoms with E-state index in [0.29, 0.717) is 28.4 Å². The van der Waals surface area contributed by atoms with E-state index in [2.05, 4.69) is 16.0 Å². The molecule has 0 aromatic heterocycles. The number of aryl methyl sites for hydroxylation is 1. The summed E-state index contributed by atoms with van der Waals surface area (Å²) in [5, 5.41) is 8.05. The summed E-state index contributed by atoms with van der Waals surface area (Å²) in [6.45, 7) is 1.96. The molecule has 5 aromatic carbocycles. The molecule has 0 saturated heterocycles. The first-order valence-corrected chi connectivity index (χ1v) is 16.0. The first-order chi connectivity index (χ1) is 23.3. The van der Waals surface area contributed by atoms with Crippen LogP contribution in [0, 0.1) is 6.92 Å². The van der Waals surface area contributed by atoms with Gasteiger partial charge in [0.1, 0.15) is 22.4 Å². The predicted octanol–water partition coefficient (Wildman–Crippen LogP) is 7.89. The van der Waals surface area contributed by atoms with Crippen LogP contribution >= 0.6 is 11.8 Å². The third-order valence-electron chi connectivity index (χ3n) is 7.23. The van der Waals surface area contributed by atoms with Gasteiger partial charge in [-0.1, -0.05) is 84.4 Å². The molecule has 0 aliphatic rings. The van der Waals surface area contributed by atoms with Crippen molar-refractivity contribution in [1.29, 1.82) is 0 Å². The minimum atomic E-state index is -0.644. The van der Waals surface area contributed by atoms with Crippen LogP contribution in [0.4, 0.5) is 11.4 Å². The van der Waals surface area contributed by atoms with Crippen molar-refractivity contribution in [2.24, 2.45) is 0 Å². The van der Waals surface area contributed by atoms with Crippen LogP contribution in [0.1, 0.15) is 32.3 Å². The molecule has 0 saturated carbocycles. The lowest BCUT2D eigenvalue weighted by Crippen LogP contribution is -2.30. The summed E-state index contributed by atoms with van der Waals surface area (Å²) in [4.78, 5) is 41.3. The van der Waals surface area contributed by atoms with Crippen LogP contribution in [0.5, 0.6) is 11.5 Å². The average Bonchev–Trinajstić information content (AvgIpc) is 3.11. The third kappa shape index (κ3) is 8.92. The molecule has 1 unspecified atom stereocenters. The molecule has 3 amide bonds. The molecule has 0 bridgehead atoms. The average molecular weight is 658 g/mol. The van der Waals surface area contributed by atoms with E-state index in [-0.39, 0.29) is 11.6 Å². The minimum Gasteiger partial charge on any atom is -0.497 e. The fraction of sp³-hybridized carbons (Fsp3) is 0.103. The summed E-state index contributed by atoms with van der Waals surface area (Å²) in [5.74, 6) is -0.0864. The normalized spacial score (nSPS) is 11.6. The summed E-state index contributed by atoms with van der Waals surface area (Å²) < 4.78 is 10.8. The molecule has 0 aliphatic carbocycles. The number of hydrogen-bond donors (Lipinski definition) is 3. The van der Waals surface area contributed by atoms with Gasteiger partial charge in [0.05, 0.1) is 19.9 Å². The number of hydrogen-bond acceptors (Lipinski definition) is 6. The summed E-state index contributed by atoms with van der Waals surface area (Å²) in [5.41, 5.74) is 4.07. The zero-order valence-electron chi connectivity index (χ0n) is 26.7. The number of amides is 3. The standard InChI is InChI=1S/C39H35N3O5S/c1-26-12-10-13-27(22-26)23-34(42-37(43)29-16-8-5-9-17-29)38(44)40-30-18-11-19-32(24-30)48-36(28-14-6-4-7-15-28)39(45)41-33-25-31(46-2)20-21-35(33)47-3/h4-25,36H,1-3H3,(H,40,44)(H,41,45)(H,42,43)/b34-23+. The second kappa shape index (κ2) is 16.2. The van der Waals surface area contributed by atoms with Gasteiger partial charge in [0.2, 0.25) is 5.91 Å². The van der Waals surface area contributed by atoms with E-state index in [1.807, 2.05) is 73.7 Å².